The minimum atomic E-state index is -0.523. The van der Waals surface area contributed by atoms with Crippen molar-refractivity contribution in [3.05, 3.63) is 58.9 Å². The summed E-state index contributed by atoms with van der Waals surface area (Å²) in [4.78, 5) is 12.0. The van der Waals surface area contributed by atoms with Gasteiger partial charge >= 0.3 is 0 Å². The van der Waals surface area contributed by atoms with Crippen molar-refractivity contribution in [1.82, 2.24) is 0 Å². The highest BCUT2D eigenvalue weighted by Gasteiger charge is 2.09. The Kier molecular flexibility index (Phi) is 3.51. The van der Waals surface area contributed by atoms with E-state index in [-0.39, 0.29) is 17.2 Å². The quantitative estimate of drug-likeness (QED) is 0.812. The summed E-state index contributed by atoms with van der Waals surface area (Å²) in [6.45, 7) is 3.96. The Hall–Kier alpha value is -2.36. The van der Waals surface area contributed by atoms with Crippen molar-refractivity contribution < 1.29 is 9.18 Å². The molecule has 0 aliphatic rings. The third-order valence-corrected chi connectivity index (χ3v) is 2.95. The summed E-state index contributed by atoms with van der Waals surface area (Å²) in [5, 5.41) is 2.72. The summed E-state index contributed by atoms with van der Waals surface area (Å²) in [7, 11) is 0. The van der Waals surface area contributed by atoms with Gasteiger partial charge in [0, 0.05) is 16.9 Å². The number of benzene rings is 2. The van der Waals surface area contributed by atoms with Gasteiger partial charge < -0.3 is 11.1 Å². The van der Waals surface area contributed by atoms with Gasteiger partial charge in [0.25, 0.3) is 5.91 Å². The number of nitrogens with two attached hydrogens (primary N) is 1. The zero-order valence-electron chi connectivity index (χ0n) is 10.8. The molecular weight excluding hydrogens is 243 g/mol. The van der Waals surface area contributed by atoms with Crippen LogP contribution in [0.25, 0.3) is 0 Å². The summed E-state index contributed by atoms with van der Waals surface area (Å²) in [6.07, 6.45) is 0. The van der Waals surface area contributed by atoms with Crippen molar-refractivity contribution >= 4 is 17.3 Å². The molecule has 4 heteroatoms. The average molecular weight is 258 g/mol. The van der Waals surface area contributed by atoms with Crippen LogP contribution in [0.15, 0.2) is 36.4 Å². The van der Waals surface area contributed by atoms with Crippen molar-refractivity contribution in [2.45, 2.75) is 13.8 Å². The molecule has 0 radical (unpaired) electrons. The Balaban J connectivity index is 2.22. The maximum absolute atomic E-state index is 13.2. The zero-order chi connectivity index (χ0) is 14.0. The van der Waals surface area contributed by atoms with Crippen LogP contribution in [-0.2, 0) is 0 Å². The highest BCUT2D eigenvalue weighted by atomic mass is 19.1. The van der Waals surface area contributed by atoms with E-state index in [9.17, 15) is 9.18 Å². The Bertz CT molecular complexity index is 618. The second kappa shape index (κ2) is 5.10. The van der Waals surface area contributed by atoms with Crippen LogP contribution < -0.4 is 11.1 Å². The lowest BCUT2D eigenvalue weighted by atomic mass is 10.1. The van der Waals surface area contributed by atoms with E-state index in [1.165, 1.54) is 12.1 Å². The molecule has 0 saturated heterocycles. The molecule has 0 spiro atoms. The third-order valence-electron chi connectivity index (χ3n) is 2.95. The first-order valence-electron chi connectivity index (χ1n) is 5.90. The van der Waals surface area contributed by atoms with E-state index >= 15 is 0 Å². The topological polar surface area (TPSA) is 55.1 Å². The fourth-order valence-electron chi connectivity index (χ4n) is 1.77. The van der Waals surface area contributed by atoms with Gasteiger partial charge in [-0.15, -0.1) is 0 Å². The second-order valence-corrected chi connectivity index (χ2v) is 4.53. The number of halogens is 1. The van der Waals surface area contributed by atoms with Crippen molar-refractivity contribution in [3.8, 4) is 0 Å². The minimum absolute atomic E-state index is 0.204. The highest BCUT2D eigenvalue weighted by molar-refractivity contribution is 6.04. The molecular formula is C15H15FN2O. The van der Waals surface area contributed by atoms with Crippen LogP contribution in [-0.4, -0.2) is 5.91 Å². The zero-order valence-corrected chi connectivity index (χ0v) is 10.8. The molecule has 0 aliphatic carbocycles. The third kappa shape index (κ3) is 3.10. The van der Waals surface area contributed by atoms with Crippen molar-refractivity contribution in [1.29, 1.82) is 0 Å². The van der Waals surface area contributed by atoms with Crippen LogP contribution in [0.2, 0.25) is 0 Å². The van der Waals surface area contributed by atoms with E-state index in [1.807, 2.05) is 32.0 Å². The predicted molar refractivity (Wildman–Crippen MR) is 74.7 cm³/mol. The van der Waals surface area contributed by atoms with Crippen LogP contribution in [0.4, 0.5) is 15.8 Å². The number of nitrogens with one attached hydrogen (secondary N) is 1. The summed E-state index contributed by atoms with van der Waals surface area (Å²) in [5.41, 5.74) is 8.85. The van der Waals surface area contributed by atoms with Gasteiger partial charge in [0.1, 0.15) is 5.82 Å². The lowest BCUT2D eigenvalue weighted by molar-refractivity contribution is 0.102. The lowest BCUT2D eigenvalue weighted by Gasteiger charge is -2.08. The summed E-state index contributed by atoms with van der Waals surface area (Å²) in [5.74, 6) is -0.903. The maximum Gasteiger partial charge on any atom is 0.255 e. The fourth-order valence-corrected chi connectivity index (χ4v) is 1.77. The van der Waals surface area contributed by atoms with E-state index < -0.39 is 5.82 Å². The van der Waals surface area contributed by atoms with Crippen molar-refractivity contribution in [3.63, 3.8) is 0 Å². The second-order valence-electron chi connectivity index (χ2n) is 4.53. The first kappa shape index (κ1) is 13.1. The molecule has 19 heavy (non-hydrogen) atoms. The molecule has 2 rings (SSSR count). The predicted octanol–water partition coefficient (Wildman–Crippen LogP) is 3.28. The summed E-state index contributed by atoms with van der Waals surface area (Å²) in [6, 6.07) is 9.38. The Morgan fingerprint density at radius 1 is 1.11 bits per heavy atom. The van der Waals surface area contributed by atoms with Gasteiger partial charge in [0.2, 0.25) is 0 Å². The first-order valence-corrected chi connectivity index (χ1v) is 5.90. The molecule has 2 aromatic rings. The number of hydrogen-bond acceptors (Lipinski definition) is 2. The van der Waals surface area contributed by atoms with Crippen LogP contribution >= 0.6 is 0 Å². The molecule has 98 valence electrons. The van der Waals surface area contributed by atoms with Crippen molar-refractivity contribution in [2.75, 3.05) is 11.1 Å². The van der Waals surface area contributed by atoms with Gasteiger partial charge in [-0.05, 0) is 55.3 Å². The van der Waals surface area contributed by atoms with E-state index in [1.54, 1.807) is 0 Å². The number of carbonyl (C=O) groups excluding carboxylic acids is 1. The molecule has 3 N–H and O–H groups in total. The smallest absolute Gasteiger partial charge is 0.255 e. The van der Waals surface area contributed by atoms with Gasteiger partial charge in [0.05, 0.1) is 0 Å². The highest BCUT2D eigenvalue weighted by Crippen LogP contribution is 2.16. The fraction of sp³-hybridized carbons (Fsp3) is 0.133. The largest absolute Gasteiger partial charge is 0.399 e. The number of aryl methyl sites for hydroxylation is 2. The minimum Gasteiger partial charge on any atom is -0.399 e. The molecule has 0 fully saturated rings. The van der Waals surface area contributed by atoms with E-state index in [0.29, 0.717) is 5.69 Å². The molecule has 2 aromatic carbocycles. The normalized spacial score (nSPS) is 10.3. The maximum atomic E-state index is 13.2. The van der Waals surface area contributed by atoms with Gasteiger partial charge in [0.15, 0.2) is 0 Å². The molecule has 0 atom stereocenters. The van der Waals surface area contributed by atoms with Gasteiger partial charge in [-0.1, -0.05) is 6.07 Å². The molecule has 0 bridgehead atoms. The number of carbonyl (C=O) groups is 1. The molecule has 0 unspecified atom stereocenters. The summed E-state index contributed by atoms with van der Waals surface area (Å²) >= 11 is 0. The average Bonchev–Trinajstić information content (AvgIpc) is 2.32. The van der Waals surface area contributed by atoms with Crippen LogP contribution in [0.1, 0.15) is 21.5 Å². The van der Waals surface area contributed by atoms with Gasteiger partial charge in [-0.25, -0.2) is 4.39 Å². The number of hydrogen-bond donors (Lipinski definition) is 2. The molecule has 0 heterocycles. The molecule has 0 saturated carbocycles. The standard InChI is InChI=1S/C15H15FN2O/c1-9-3-4-14(5-10(9)2)18-15(19)11-6-12(16)8-13(17)7-11/h3-8H,17H2,1-2H3,(H,18,19). The Labute approximate surface area is 111 Å². The van der Waals surface area contributed by atoms with Gasteiger partial charge in [-0.3, -0.25) is 4.79 Å². The molecule has 0 aliphatic heterocycles. The van der Waals surface area contributed by atoms with Crippen molar-refractivity contribution in [2.24, 2.45) is 0 Å². The number of anilines is 2. The number of nitrogen functional groups attached to an aromatic ring is 1. The molecule has 3 nitrogen and oxygen atoms in total. The molecule has 0 aromatic heterocycles. The number of rotatable bonds is 2. The first-order chi connectivity index (χ1) is 8.95. The SMILES string of the molecule is Cc1ccc(NC(=O)c2cc(N)cc(F)c2)cc1C. The van der Waals surface area contributed by atoms with Crippen LogP contribution in [0, 0.1) is 19.7 Å². The lowest BCUT2D eigenvalue weighted by Crippen LogP contribution is -2.12. The van der Waals surface area contributed by atoms with Crippen LogP contribution in [0.5, 0.6) is 0 Å². The van der Waals surface area contributed by atoms with Crippen LogP contribution in [0.3, 0.4) is 0 Å². The van der Waals surface area contributed by atoms with E-state index in [0.717, 1.165) is 17.2 Å². The van der Waals surface area contributed by atoms with Gasteiger partial charge in [-0.2, -0.15) is 0 Å². The molecule has 1 amide bonds. The monoisotopic (exact) mass is 258 g/mol. The Morgan fingerprint density at radius 2 is 1.84 bits per heavy atom. The summed E-state index contributed by atoms with van der Waals surface area (Å²) < 4.78 is 13.2. The Morgan fingerprint density at radius 3 is 2.47 bits per heavy atom. The van der Waals surface area contributed by atoms with E-state index in [2.05, 4.69) is 5.32 Å². The number of amides is 1. The van der Waals surface area contributed by atoms with E-state index in [4.69, 9.17) is 5.73 Å².